The van der Waals surface area contributed by atoms with Gasteiger partial charge in [0.05, 0.1) is 0 Å². The minimum atomic E-state index is -0.215. The van der Waals surface area contributed by atoms with Gasteiger partial charge in [-0.2, -0.15) is 0 Å². The summed E-state index contributed by atoms with van der Waals surface area (Å²) in [4.78, 5) is 25.0. The van der Waals surface area contributed by atoms with Crippen molar-refractivity contribution in [2.24, 2.45) is 5.92 Å². The molecule has 2 amide bonds. The molecule has 2 N–H and O–H groups in total. The number of amides is 2. The fourth-order valence-electron chi connectivity index (χ4n) is 4.12. The lowest BCUT2D eigenvalue weighted by molar-refractivity contribution is -0.117. The molecule has 2 aromatic carbocycles. The predicted octanol–water partition coefficient (Wildman–Crippen LogP) is 4.58. The fraction of sp³-hybridized carbons (Fsp3) is 0.360. The third kappa shape index (κ3) is 4.28. The quantitative estimate of drug-likeness (QED) is 0.621. The Hall–Kier alpha value is -3.48. The second-order valence-electron chi connectivity index (χ2n) is 8.73. The van der Waals surface area contributed by atoms with Gasteiger partial charge in [-0.25, -0.2) is 0 Å². The van der Waals surface area contributed by atoms with Crippen LogP contribution in [0.1, 0.15) is 53.8 Å². The first-order valence-corrected chi connectivity index (χ1v) is 11.3. The van der Waals surface area contributed by atoms with Gasteiger partial charge in [-0.15, -0.1) is 10.2 Å². The molecular weight excluding hydrogens is 402 g/mol. The van der Waals surface area contributed by atoms with E-state index < -0.39 is 0 Å². The summed E-state index contributed by atoms with van der Waals surface area (Å²) in [7, 11) is 0. The predicted molar refractivity (Wildman–Crippen MR) is 123 cm³/mol. The van der Waals surface area contributed by atoms with Crippen LogP contribution in [-0.2, 0) is 17.8 Å². The number of aryl methyl sites for hydroxylation is 2. The fourth-order valence-corrected chi connectivity index (χ4v) is 4.12. The number of benzene rings is 2. The van der Waals surface area contributed by atoms with Crippen molar-refractivity contribution in [2.75, 3.05) is 10.6 Å². The van der Waals surface area contributed by atoms with Gasteiger partial charge in [0.2, 0.25) is 5.91 Å². The number of nitrogens with one attached hydrogen (secondary N) is 2. The Balaban J connectivity index is 1.36. The first-order valence-electron chi connectivity index (χ1n) is 11.3. The molecule has 32 heavy (non-hydrogen) atoms. The number of aromatic nitrogens is 3. The Morgan fingerprint density at radius 3 is 2.72 bits per heavy atom. The smallest absolute Gasteiger partial charge is 0.255 e. The highest BCUT2D eigenvalue weighted by Gasteiger charge is 2.29. The van der Waals surface area contributed by atoms with Crippen LogP contribution in [0.3, 0.4) is 0 Å². The summed E-state index contributed by atoms with van der Waals surface area (Å²) in [6.07, 6.45) is 6.32. The molecule has 7 nitrogen and oxygen atoms in total. The van der Waals surface area contributed by atoms with E-state index in [1.54, 1.807) is 24.3 Å². The third-order valence-corrected chi connectivity index (χ3v) is 6.19. The molecule has 2 heterocycles. The number of anilines is 2. The average Bonchev–Trinajstić information content (AvgIpc) is 3.61. The van der Waals surface area contributed by atoms with E-state index in [2.05, 4.69) is 25.4 Å². The molecule has 0 bridgehead atoms. The first kappa shape index (κ1) is 20.4. The molecule has 0 saturated heterocycles. The summed E-state index contributed by atoms with van der Waals surface area (Å²) < 4.78 is 2.20. The highest BCUT2D eigenvalue weighted by Crippen LogP contribution is 2.30. The summed E-state index contributed by atoms with van der Waals surface area (Å²) in [5.74, 6) is 1.81. The van der Waals surface area contributed by atoms with E-state index in [1.165, 1.54) is 6.42 Å². The van der Waals surface area contributed by atoms with Gasteiger partial charge in [0, 0.05) is 41.4 Å². The first-order chi connectivity index (χ1) is 15.6. The van der Waals surface area contributed by atoms with Crippen molar-refractivity contribution < 1.29 is 9.59 Å². The van der Waals surface area contributed by atoms with E-state index in [9.17, 15) is 9.59 Å². The van der Waals surface area contributed by atoms with Gasteiger partial charge in [0.15, 0.2) is 5.82 Å². The molecule has 0 spiro atoms. The zero-order valence-electron chi connectivity index (χ0n) is 18.2. The van der Waals surface area contributed by atoms with Gasteiger partial charge >= 0.3 is 0 Å². The molecule has 0 radical (unpaired) electrons. The molecule has 1 fully saturated rings. The van der Waals surface area contributed by atoms with Crippen LogP contribution in [0, 0.1) is 12.8 Å². The summed E-state index contributed by atoms with van der Waals surface area (Å²) in [5, 5.41) is 14.8. The number of fused-ring (bicyclic) bond motifs is 1. The van der Waals surface area contributed by atoms with E-state index in [4.69, 9.17) is 0 Å². The topological polar surface area (TPSA) is 88.9 Å². The Kier molecular flexibility index (Phi) is 5.47. The van der Waals surface area contributed by atoms with Crippen LogP contribution in [0.25, 0.3) is 11.4 Å². The molecule has 1 aliphatic carbocycles. The lowest BCUT2D eigenvalue weighted by Crippen LogP contribution is -2.16. The van der Waals surface area contributed by atoms with Gasteiger partial charge in [0.1, 0.15) is 5.82 Å². The maximum Gasteiger partial charge on any atom is 0.255 e. The van der Waals surface area contributed by atoms with Gasteiger partial charge in [-0.05, 0) is 62.4 Å². The molecule has 0 unspecified atom stereocenters. The maximum absolute atomic E-state index is 13.0. The second-order valence-corrected chi connectivity index (χ2v) is 8.73. The number of carbonyl (C=O) groups is 2. The second kappa shape index (κ2) is 8.57. The van der Waals surface area contributed by atoms with Crippen molar-refractivity contribution in [1.29, 1.82) is 0 Å². The normalized spacial score (nSPS) is 15.5. The number of rotatable bonds is 5. The zero-order valence-corrected chi connectivity index (χ0v) is 18.2. The van der Waals surface area contributed by atoms with E-state index in [0.29, 0.717) is 11.3 Å². The van der Waals surface area contributed by atoms with Crippen LogP contribution in [-0.4, -0.2) is 26.6 Å². The summed E-state index contributed by atoms with van der Waals surface area (Å²) in [6.45, 7) is 2.89. The highest BCUT2D eigenvalue weighted by atomic mass is 16.2. The number of hydrogen-bond donors (Lipinski definition) is 2. The average molecular weight is 430 g/mol. The van der Waals surface area contributed by atoms with Crippen LogP contribution in [0.5, 0.6) is 0 Å². The standard InChI is InChI=1S/C25H27N5O2/c1-16-9-10-18(23-29-28-22-8-3-2-4-13-30(22)23)15-21(16)27-25(32)19-6-5-7-20(14-19)26-24(31)17-11-12-17/h5-7,9-10,14-15,17H,2-4,8,11-13H2,1H3,(H,26,31)(H,27,32). The van der Waals surface area contributed by atoms with E-state index >= 15 is 0 Å². The zero-order chi connectivity index (χ0) is 22.1. The number of hydrogen-bond acceptors (Lipinski definition) is 4. The van der Waals surface area contributed by atoms with Crippen LogP contribution in [0.4, 0.5) is 11.4 Å². The van der Waals surface area contributed by atoms with E-state index in [-0.39, 0.29) is 17.7 Å². The monoisotopic (exact) mass is 429 g/mol. The van der Waals surface area contributed by atoms with Crippen molar-refractivity contribution in [3.05, 3.63) is 59.4 Å². The summed E-state index contributed by atoms with van der Waals surface area (Å²) in [5.41, 5.74) is 3.80. The van der Waals surface area contributed by atoms with E-state index in [1.807, 2.05) is 25.1 Å². The highest BCUT2D eigenvalue weighted by molar-refractivity contribution is 6.06. The number of carbonyl (C=O) groups excluding carboxylic acids is 2. The molecular formula is C25H27N5O2. The minimum Gasteiger partial charge on any atom is -0.326 e. The van der Waals surface area contributed by atoms with Gasteiger partial charge in [-0.1, -0.05) is 24.6 Å². The molecule has 2 aliphatic rings. The summed E-state index contributed by atoms with van der Waals surface area (Å²) in [6, 6.07) is 13.0. The van der Waals surface area contributed by atoms with Crippen molar-refractivity contribution in [1.82, 2.24) is 14.8 Å². The molecule has 5 rings (SSSR count). The van der Waals surface area contributed by atoms with E-state index in [0.717, 1.165) is 67.1 Å². The molecule has 1 saturated carbocycles. The van der Waals surface area contributed by atoms with Crippen molar-refractivity contribution in [2.45, 2.75) is 52.0 Å². The Labute approximate surface area is 187 Å². The molecule has 164 valence electrons. The molecule has 3 aromatic rings. The molecule has 1 aliphatic heterocycles. The SMILES string of the molecule is Cc1ccc(-c2nnc3n2CCCCC3)cc1NC(=O)c1cccc(NC(=O)C2CC2)c1. The van der Waals surface area contributed by atoms with Gasteiger partial charge in [0.25, 0.3) is 5.91 Å². The number of nitrogens with zero attached hydrogens (tertiary/aromatic N) is 3. The lowest BCUT2D eigenvalue weighted by Gasteiger charge is -2.12. The minimum absolute atomic E-state index is 0.0264. The molecule has 1 aromatic heterocycles. The Morgan fingerprint density at radius 2 is 1.88 bits per heavy atom. The Morgan fingerprint density at radius 1 is 1.00 bits per heavy atom. The lowest BCUT2D eigenvalue weighted by atomic mass is 10.1. The van der Waals surface area contributed by atoms with Crippen LogP contribution >= 0.6 is 0 Å². The van der Waals surface area contributed by atoms with Gasteiger partial charge in [-0.3, -0.25) is 9.59 Å². The Bertz CT molecular complexity index is 1180. The van der Waals surface area contributed by atoms with Crippen LogP contribution in [0.2, 0.25) is 0 Å². The summed E-state index contributed by atoms with van der Waals surface area (Å²) >= 11 is 0. The van der Waals surface area contributed by atoms with Crippen LogP contribution < -0.4 is 10.6 Å². The largest absolute Gasteiger partial charge is 0.326 e. The molecule has 7 heteroatoms. The van der Waals surface area contributed by atoms with Gasteiger partial charge < -0.3 is 15.2 Å². The third-order valence-electron chi connectivity index (χ3n) is 6.19. The maximum atomic E-state index is 13.0. The molecule has 0 atom stereocenters. The van der Waals surface area contributed by atoms with Crippen molar-refractivity contribution in [3.8, 4) is 11.4 Å². The van der Waals surface area contributed by atoms with Crippen LogP contribution in [0.15, 0.2) is 42.5 Å². The van der Waals surface area contributed by atoms with Crippen molar-refractivity contribution in [3.63, 3.8) is 0 Å². The van der Waals surface area contributed by atoms with Crippen molar-refractivity contribution >= 4 is 23.2 Å².